The first-order chi connectivity index (χ1) is 13.8. The number of halogens is 2. The van der Waals surface area contributed by atoms with Crippen LogP contribution in [-0.4, -0.2) is 40.7 Å². The van der Waals surface area contributed by atoms with Crippen LogP contribution in [0.15, 0.2) is 42.5 Å². The molecule has 0 heterocycles. The summed E-state index contributed by atoms with van der Waals surface area (Å²) in [4.78, 5) is 12.4. The Labute approximate surface area is 189 Å². The van der Waals surface area contributed by atoms with Crippen LogP contribution >= 0.6 is 24.0 Å². The Bertz CT molecular complexity index is 936. The van der Waals surface area contributed by atoms with E-state index in [0.29, 0.717) is 17.7 Å². The van der Waals surface area contributed by atoms with Crippen LogP contribution in [0.1, 0.15) is 35.2 Å². The summed E-state index contributed by atoms with van der Waals surface area (Å²) in [5.74, 6) is 0.343. The zero-order valence-electron chi connectivity index (χ0n) is 17.1. The number of ether oxygens (including phenoxy) is 1. The maximum atomic E-state index is 12.4. The number of carbonyl (C=O) groups is 1. The third-order valence-corrected chi connectivity index (χ3v) is 5.31. The van der Waals surface area contributed by atoms with Gasteiger partial charge in [-0.3, -0.25) is 9.52 Å². The van der Waals surface area contributed by atoms with E-state index in [1.165, 1.54) is 13.2 Å². The van der Waals surface area contributed by atoms with Crippen molar-refractivity contribution in [2.24, 2.45) is 0 Å². The molecule has 30 heavy (non-hydrogen) atoms. The van der Waals surface area contributed by atoms with Gasteiger partial charge in [0, 0.05) is 17.0 Å². The first-order valence-corrected chi connectivity index (χ1v) is 11.7. The average molecular weight is 475 g/mol. The molecule has 0 saturated heterocycles. The Kier molecular flexibility index (Phi) is 11.2. The Morgan fingerprint density at radius 2 is 1.83 bits per heavy atom. The van der Waals surface area contributed by atoms with Crippen molar-refractivity contribution in [1.29, 1.82) is 0 Å². The molecule has 0 aromatic heterocycles. The number of nitrogens with one attached hydrogen (secondary N) is 2. The molecule has 0 fully saturated rings. The number of sulfonamides is 1. The highest BCUT2D eigenvalue weighted by molar-refractivity contribution is 7.92. The van der Waals surface area contributed by atoms with Crippen molar-refractivity contribution in [3.8, 4) is 5.75 Å². The molecule has 0 atom stereocenters. The van der Waals surface area contributed by atoms with Gasteiger partial charge in [0.1, 0.15) is 5.75 Å². The second kappa shape index (κ2) is 12.8. The summed E-state index contributed by atoms with van der Waals surface area (Å²) in [6.07, 6.45) is 3.94. The summed E-state index contributed by atoms with van der Waals surface area (Å²) < 4.78 is 30.5. The van der Waals surface area contributed by atoms with E-state index in [2.05, 4.69) is 10.0 Å². The fourth-order valence-electron chi connectivity index (χ4n) is 2.89. The zero-order chi connectivity index (χ0) is 21.3. The van der Waals surface area contributed by atoms with Crippen molar-refractivity contribution in [2.75, 3.05) is 31.2 Å². The minimum atomic E-state index is -3.46. The first-order valence-electron chi connectivity index (χ1n) is 9.43. The van der Waals surface area contributed by atoms with E-state index in [4.69, 9.17) is 16.3 Å². The summed E-state index contributed by atoms with van der Waals surface area (Å²) in [6, 6.07) is 12.6. The summed E-state index contributed by atoms with van der Waals surface area (Å²) in [5.41, 5.74) is 1.85. The number of methoxy groups -OCH3 is 1. The number of anilines is 1. The van der Waals surface area contributed by atoms with Crippen molar-refractivity contribution in [3.63, 3.8) is 0 Å². The van der Waals surface area contributed by atoms with Gasteiger partial charge >= 0.3 is 0 Å². The standard InChI is InChI=1S/C21H27ClN2O4S.ClH/c1-28-21-11-10-17(15-19(21)24-29(2,26)27)20(25)9-5-6-13-23-14-12-16-7-3-4-8-18(16)22;/h3-4,7-8,10-11,15,23-24H,5-6,9,12-14H2,1-2H3;1H. The average Bonchev–Trinajstić information content (AvgIpc) is 2.67. The molecule has 2 N–H and O–H groups in total. The minimum absolute atomic E-state index is 0. The third-order valence-electron chi connectivity index (χ3n) is 4.35. The van der Waals surface area contributed by atoms with E-state index in [9.17, 15) is 13.2 Å². The first kappa shape index (κ1) is 26.2. The Morgan fingerprint density at radius 3 is 2.50 bits per heavy atom. The second-order valence-corrected chi connectivity index (χ2v) is 8.92. The molecule has 0 aliphatic rings. The van der Waals surface area contributed by atoms with Crippen molar-refractivity contribution in [3.05, 3.63) is 58.6 Å². The summed E-state index contributed by atoms with van der Waals surface area (Å²) in [7, 11) is -2.02. The summed E-state index contributed by atoms with van der Waals surface area (Å²) in [6.45, 7) is 1.65. The van der Waals surface area contributed by atoms with Crippen LogP contribution in [-0.2, 0) is 16.4 Å². The van der Waals surface area contributed by atoms with Crippen LogP contribution in [0.2, 0.25) is 5.02 Å². The van der Waals surface area contributed by atoms with Gasteiger partial charge in [0.2, 0.25) is 10.0 Å². The van der Waals surface area contributed by atoms with Crippen LogP contribution in [0.5, 0.6) is 5.75 Å². The Morgan fingerprint density at radius 1 is 1.10 bits per heavy atom. The molecule has 0 amide bonds. The molecule has 2 rings (SSSR count). The number of hydrogen-bond acceptors (Lipinski definition) is 5. The van der Waals surface area contributed by atoms with Gasteiger partial charge in [-0.05, 0) is 62.2 Å². The number of carbonyl (C=O) groups excluding carboxylic acids is 1. The Balaban J connectivity index is 0.00000450. The number of unbranched alkanes of at least 4 members (excludes halogenated alkanes) is 1. The molecule has 2 aromatic carbocycles. The lowest BCUT2D eigenvalue weighted by atomic mass is 10.0. The van der Waals surface area contributed by atoms with E-state index < -0.39 is 10.0 Å². The molecule has 166 valence electrons. The van der Waals surface area contributed by atoms with Gasteiger partial charge < -0.3 is 10.1 Å². The molecular weight excluding hydrogens is 447 g/mol. The molecule has 0 aliphatic carbocycles. The lowest BCUT2D eigenvalue weighted by Crippen LogP contribution is -2.18. The van der Waals surface area contributed by atoms with Gasteiger partial charge in [-0.15, -0.1) is 12.4 Å². The molecule has 0 aliphatic heterocycles. The zero-order valence-corrected chi connectivity index (χ0v) is 19.5. The van der Waals surface area contributed by atoms with Gasteiger partial charge in [0.25, 0.3) is 0 Å². The van der Waals surface area contributed by atoms with Crippen molar-refractivity contribution in [1.82, 2.24) is 5.32 Å². The van der Waals surface area contributed by atoms with Gasteiger partial charge in [-0.25, -0.2) is 8.42 Å². The summed E-state index contributed by atoms with van der Waals surface area (Å²) >= 11 is 6.13. The van der Waals surface area contributed by atoms with Gasteiger partial charge in [-0.2, -0.15) is 0 Å². The van der Waals surface area contributed by atoms with Crippen LogP contribution in [0, 0.1) is 0 Å². The topological polar surface area (TPSA) is 84.5 Å². The molecule has 2 aromatic rings. The lowest BCUT2D eigenvalue weighted by molar-refractivity contribution is 0.0979. The van der Waals surface area contributed by atoms with E-state index in [1.807, 2.05) is 24.3 Å². The second-order valence-electron chi connectivity index (χ2n) is 6.76. The quantitative estimate of drug-likeness (QED) is 0.353. The maximum absolute atomic E-state index is 12.4. The third kappa shape index (κ3) is 8.92. The van der Waals surface area contributed by atoms with E-state index in [-0.39, 0.29) is 23.9 Å². The number of ketones is 1. The minimum Gasteiger partial charge on any atom is -0.495 e. The number of benzene rings is 2. The molecule has 0 bridgehead atoms. The van der Waals surface area contributed by atoms with E-state index in [0.717, 1.165) is 49.2 Å². The Hall–Kier alpha value is -1.80. The molecular formula is C21H28Cl2N2O4S. The monoisotopic (exact) mass is 474 g/mol. The molecule has 9 heteroatoms. The smallest absolute Gasteiger partial charge is 0.229 e. The highest BCUT2D eigenvalue weighted by Gasteiger charge is 2.13. The van der Waals surface area contributed by atoms with Gasteiger partial charge in [-0.1, -0.05) is 29.8 Å². The van der Waals surface area contributed by atoms with Crippen LogP contribution < -0.4 is 14.8 Å². The van der Waals surface area contributed by atoms with Crippen molar-refractivity contribution >= 4 is 45.5 Å². The molecule has 0 radical (unpaired) electrons. The largest absolute Gasteiger partial charge is 0.495 e. The molecule has 0 spiro atoms. The predicted octanol–water partition coefficient (Wildman–Crippen LogP) is 4.33. The number of hydrogen-bond donors (Lipinski definition) is 2. The number of rotatable bonds is 12. The predicted molar refractivity (Wildman–Crippen MR) is 125 cm³/mol. The fraction of sp³-hybridized carbons (Fsp3) is 0.381. The van der Waals surface area contributed by atoms with Gasteiger partial charge in [0.15, 0.2) is 5.78 Å². The highest BCUT2D eigenvalue weighted by Crippen LogP contribution is 2.27. The van der Waals surface area contributed by atoms with Crippen LogP contribution in [0.4, 0.5) is 5.69 Å². The van der Waals surface area contributed by atoms with Gasteiger partial charge in [0.05, 0.1) is 19.1 Å². The molecule has 0 saturated carbocycles. The maximum Gasteiger partial charge on any atom is 0.229 e. The van der Waals surface area contributed by atoms with E-state index >= 15 is 0 Å². The van der Waals surface area contributed by atoms with Crippen molar-refractivity contribution in [2.45, 2.75) is 25.7 Å². The summed E-state index contributed by atoms with van der Waals surface area (Å²) in [5, 5.41) is 4.14. The van der Waals surface area contributed by atoms with Crippen LogP contribution in [0.3, 0.4) is 0 Å². The molecule has 0 unspecified atom stereocenters. The normalized spacial score (nSPS) is 10.9. The SMILES string of the molecule is COc1ccc(C(=O)CCCCNCCc2ccccc2Cl)cc1NS(C)(=O)=O.Cl. The lowest BCUT2D eigenvalue weighted by Gasteiger charge is -2.11. The highest BCUT2D eigenvalue weighted by atomic mass is 35.5. The van der Waals surface area contributed by atoms with E-state index in [1.54, 1.807) is 12.1 Å². The van der Waals surface area contributed by atoms with Crippen molar-refractivity contribution < 1.29 is 17.9 Å². The number of Topliss-reactive ketones (excluding diaryl/α,β-unsaturated/α-hetero) is 1. The fourth-order valence-corrected chi connectivity index (χ4v) is 3.68. The van der Waals surface area contributed by atoms with Crippen LogP contribution in [0.25, 0.3) is 0 Å². The molecule has 6 nitrogen and oxygen atoms in total.